The van der Waals surface area contributed by atoms with Crippen LogP contribution in [0, 0.1) is 5.92 Å². The molecule has 4 atom stereocenters. The lowest BCUT2D eigenvalue weighted by molar-refractivity contribution is 0.340. The van der Waals surface area contributed by atoms with Gasteiger partial charge in [-0.2, -0.15) is 4.98 Å². The van der Waals surface area contributed by atoms with Crippen LogP contribution in [0.5, 0.6) is 0 Å². The van der Waals surface area contributed by atoms with E-state index in [2.05, 4.69) is 17.1 Å². The standard InChI is InChI=1S/C13H23N3O/c1-4-10-5-6-11(7-10)12-15-13(17-16-12)8(2)9(3)14/h8-11H,4-7,14H2,1-3H3. The highest BCUT2D eigenvalue weighted by Gasteiger charge is 2.29. The Bertz CT molecular complexity index is 361. The molecule has 4 nitrogen and oxygen atoms in total. The van der Waals surface area contributed by atoms with E-state index < -0.39 is 0 Å². The summed E-state index contributed by atoms with van der Waals surface area (Å²) in [6.45, 7) is 6.26. The second-order valence-corrected chi connectivity index (χ2v) is 5.42. The molecule has 1 aromatic rings. The van der Waals surface area contributed by atoms with Gasteiger partial charge in [0, 0.05) is 12.0 Å². The monoisotopic (exact) mass is 237 g/mol. The zero-order chi connectivity index (χ0) is 12.4. The molecule has 0 aliphatic heterocycles. The van der Waals surface area contributed by atoms with E-state index in [-0.39, 0.29) is 12.0 Å². The van der Waals surface area contributed by atoms with Crippen LogP contribution in [0.15, 0.2) is 4.52 Å². The normalized spacial score (nSPS) is 28.2. The molecule has 2 N–H and O–H groups in total. The number of aromatic nitrogens is 2. The van der Waals surface area contributed by atoms with Crippen molar-refractivity contribution in [3.63, 3.8) is 0 Å². The largest absolute Gasteiger partial charge is 0.339 e. The van der Waals surface area contributed by atoms with E-state index in [1.165, 1.54) is 25.7 Å². The fourth-order valence-corrected chi connectivity index (χ4v) is 2.50. The molecular formula is C13H23N3O. The Labute approximate surface area is 103 Å². The molecule has 0 saturated heterocycles. The summed E-state index contributed by atoms with van der Waals surface area (Å²) in [6, 6.07) is 0.0512. The van der Waals surface area contributed by atoms with Crippen LogP contribution in [0.1, 0.15) is 70.0 Å². The van der Waals surface area contributed by atoms with Crippen LogP contribution in [0.25, 0.3) is 0 Å². The van der Waals surface area contributed by atoms with Gasteiger partial charge in [-0.3, -0.25) is 0 Å². The molecule has 1 aliphatic rings. The molecule has 1 heterocycles. The Hall–Kier alpha value is -0.900. The quantitative estimate of drug-likeness (QED) is 0.874. The second-order valence-electron chi connectivity index (χ2n) is 5.42. The van der Waals surface area contributed by atoms with Crippen LogP contribution < -0.4 is 5.73 Å². The van der Waals surface area contributed by atoms with Gasteiger partial charge in [0.25, 0.3) is 0 Å². The predicted octanol–water partition coefficient (Wildman–Crippen LogP) is 2.81. The SMILES string of the molecule is CCC1CCC(c2noc(C(C)C(C)N)n2)C1. The van der Waals surface area contributed by atoms with Crippen molar-refractivity contribution in [3.8, 4) is 0 Å². The summed E-state index contributed by atoms with van der Waals surface area (Å²) in [7, 11) is 0. The third kappa shape index (κ3) is 2.68. The van der Waals surface area contributed by atoms with Gasteiger partial charge in [0.2, 0.25) is 5.89 Å². The molecule has 1 aromatic heterocycles. The fourth-order valence-electron chi connectivity index (χ4n) is 2.50. The minimum atomic E-state index is 0.0512. The number of hydrogen-bond acceptors (Lipinski definition) is 4. The van der Waals surface area contributed by atoms with Crippen molar-refractivity contribution in [2.75, 3.05) is 0 Å². The van der Waals surface area contributed by atoms with Crippen molar-refractivity contribution in [1.82, 2.24) is 10.1 Å². The van der Waals surface area contributed by atoms with Gasteiger partial charge in [-0.1, -0.05) is 25.4 Å². The maximum Gasteiger partial charge on any atom is 0.231 e. The van der Waals surface area contributed by atoms with E-state index in [1.807, 2.05) is 13.8 Å². The zero-order valence-electron chi connectivity index (χ0n) is 11.0. The van der Waals surface area contributed by atoms with Crippen molar-refractivity contribution < 1.29 is 4.52 Å². The molecular weight excluding hydrogens is 214 g/mol. The minimum absolute atomic E-state index is 0.0512. The minimum Gasteiger partial charge on any atom is -0.339 e. The Morgan fingerprint density at radius 3 is 2.76 bits per heavy atom. The van der Waals surface area contributed by atoms with Gasteiger partial charge < -0.3 is 10.3 Å². The van der Waals surface area contributed by atoms with Gasteiger partial charge in [0.1, 0.15) is 0 Å². The van der Waals surface area contributed by atoms with Gasteiger partial charge in [0.05, 0.1) is 5.92 Å². The lowest BCUT2D eigenvalue weighted by Crippen LogP contribution is -2.22. The van der Waals surface area contributed by atoms with Crippen LogP contribution in [-0.4, -0.2) is 16.2 Å². The molecule has 1 aliphatic carbocycles. The topological polar surface area (TPSA) is 64.9 Å². The van der Waals surface area contributed by atoms with E-state index in [0.717, 1.165) is 11.7 Å². The van der Waals surface area contributed by atoms with Crippen molar-refractivity contribution in [2.24, 2.45) is 11.7 Å². The van der Waals surface area contributed by atoms with Gasteiger partial charge in [-0.05, 0) is 32.1 Å². The lowest BCUT2D eigenvalue weighted by Gasteiger charge is -2.09. The molecule has 17 heavy (non-hydrogen) atoms. The molecule has 2 rings (SSSR count). The zero-order valence-corrected chi connectivity index (χ0v) is 11.0. The summed E-state index contributed by atoms with van der Waals surface area (Å²) in [6.07, 6.45) is 4.97. The second kappa shape index (κ2) is 5.17. The lowest BCUT2D eigenvalue weighted by atomic mass is 10.0. The summed E-state index contributed by atoms with van der Waals surface area (Å²) < 4.78 is 5.33. The van der Waals surface area contributed by atoms with E-state index in [9.17, 15) is 0 Å². The van der Waals surface area contributed by atoms with E-state index in [0.29, 0.717) is 11.8 Å². The first-order chi connectivity index (χ1) is 8.11. The number of hydrogen-bond donors (Lipinski definition) is 1. The number of rotatable bonds is 4. The highest BCUT2D eigenvalue weighted by atomic mass is 16.5. The van der Waals surface area contributed by atoms with Crippen molar-refractivity contribution in [3.05, 3.63) is 11.7 Å². The maximum absolute atomic E-state index is 5.85. The molecule has 4 heteroatoms. The van der Waals surface area contributed by atoms with Crippen LogP contribution in [0.4, 0.5) is 0 Å². The van der Waals surface area contributed by atoms with E-state index in [4.69, 9.17) is 10.3 Å². The Morgan fingerprint density at radius 1 is 1.41 bits per heavy atom. The summed E-state index contributed by atoms with van der Waals surface area (Å²) in [5.74, 6) is 3.06. The molecule has 1 fully saturated rings. The molecule has 0 aromatic carbocycles. The number of nitrogens with two attached hydrogens (primary N) is 1. The van der Waals surface area contributed by atoms with E-state index >= 15 is 0 Å². The number of nitrogens with zero attached hydrogens (tertiary/aromatic N) is 2. The maximum atomic E-state index is 5.85. The summed E-state index contributed by atoms with van der Waals surface area (Å²) >= 11 is 0. The van der Waals surface area contributed by atoms with Crippen LogP contribution in [0.2, 0.25) is 0 Å². The summed E-state index contributed by atoms with van der Waals surface area (Å²) in [5.41, 5.74) is 5.85. The van der Waals surface area contributed by atoms with Crippen LogP contribution in [0.3, 0.4) is 0 Å². The first-order valence-corrected chi connectivity index (χ1v) is 6.70. The molecule has 96 valence electrons. The van der Waals surface area contributed by atoms with Gasteiger partial charge >= 0.3 is 0 Å². The van der Waals surface area contributed by atoms with E-state index in [1.54, 1.807) is 0 Å². The summed E-state index contributed by atoms with van der Waals surface area (Å²) in [4.78, 5) is 4.52. The highest BCUT2D eigenvalue weighted by Crippen LogP contribution is 2.38. The third-order valence-corrected chi connectivity index (χ3v) is 4.12. The molecule has 0 spiro atoms. The first kappa shape index (κ1) is 12.6. The van der Waals surface area contributed by atoms with Gasteiger partial charge in [0.15, 0.2) is 5.82 Å². The molecule has 0 radical (unpaired) electrons. The van der Waals surface area contributed by atoms with Gasteiger partial charge in [-0.25, -0.2) is 0 Å². The van der Waals surface area contributed by atoms with Crippen molar-refractivity contribution >= 4 is 0 Å². The smallest absolute Gasteiger partial charge is 0.231 e. The highest BCUT2D eigenvalue weighted by molar-refractivity contribution is 5.02. The molecule has 1 saturated carbocycles. The fraction of sp³-hybridized carbons (Fsp3) is 0.846. The Kier molecular flexibility index (Phi) is 3.82. The molecule has 0 bridgehead atoms. The van der Waals surface area contributed by atoms with Crippen molar-refractivity contribution in [1.29, 1.82) is 0 Å². The summed E-state index contributed by atoms with van der Waals surface area (Å²) in [5, 5.41) is 4.13. The molecule has 0 amide bonds. The third-order valence-electron chi connectivity index (χ3n) is 4.12. The average molecular weight is 237 g/mol. The Balaban J connectivity index is 2.04. The van der Waals surface area contributed by atoms with Gasteiger partial charge in [-0.15, -0.1) is 0 Å². The van der Waals surface area contributed by atoms with Crippen molar-refractivity contribution in [2.45, 2.75) is 64.3 Å². The molecule has 4 unspecified atom stereocenters. The van der Waals surface area contributed by atoms with Crippen LogP contribution >= 0.6 is 0 Å². The Morgan fingerprint density at radius 2 is 2.18 bits per heavy atom. The van der Waals surface area contributed by atoms with Crippen LogP contribution in [-0.2, 0) is 0 Å². The average Bonchev–Trinajstić information content (AvgIpc) is 2.96. The predicted molar refractivity (Wildman–Crippen MR) is 66.7 cm³/mol. The first-order valence-electron chi connectivity index (χ1n) is 6.70.